The number of carbonyl (C=O) groups is 1. The van der Waals surface area contributed by atoms with Crippen LogP contribution in [0.4, 0.5) is 13.2 Å². The lowest BCUT2D eigenvalue weighted by Gasteiger charge is -2.26. The van der Waals surface area contributed by atoms with Crippen molar-refractivity contribution in [3.05, 3.63) is 71.0 Å². The number of hydrogen-bond acceptors (Lipinski definition) is 1. The molecule has 1 atom stereocenters. The first kappa shape index (κ1) is 15.6. The van der Waals surface area contributed by atoms with Crippen LogP contribution in [0.15, 0.2) is 42.5 Å². The van der Waals surface area contributed by atoms with E-state index in [0.29, 0.717) is 0 Å². The van der Waals surface area contributed by atoms with E-state index < -0.39 is 28.1 Å². The first-order valence-electron chi connectivity index (χ1n) is 6.24. The summed E-state index contributed by atoms with van der Waals surface area (Å²) in [6, 6.07) is 10.6. The predicted octanol–water partition coefficient (Wildman–Crippen LogP) is 4.37. The van der Waals surface area contributed by atoms with Gasteiger partial charge in [-0.2, -0.15) is 0 Å². The van der Waals surface area contributed by atoms with E-state index in [1.54, 1.807) is 30.3 Å². The van der Waals surface area contributed by atoms with E-state index in [-0.39, 0.29) is 12.0 Å². The quantitative estimate of drug-likeness (QED) is 0.605. The molecule has 110 valence electrons. The molecule has 2 rings (SSSR count). The molecule has 0 aliphatic carbocycles. The van der Waals surface area contributed by atoms with Crippen molar-refractivity contribution in [2.45, 2.75) is 18.8 Å². The normalized spacial score (nSPS) is 13.8. The van der Waals surface area contributed by atoms with Crippen LogP contribution in [0.25, 0.3) is 0 Å². The van der Waals surface area contributed by atoms with Crippen molar-refractivity contribution in [2.24, 2.45) is 0 Å². The topological polar surface area (TPSA) is 17.1 Å². The van der Waals surface area contributed by atoms with Gasteiger partial charge in [0.25, 0.3) is 0 Å². The van der Waals surface area contributed by atoms with Crippen LogP contribution in [0.3, 0.4) is 0 Å². The largest absolute Gasteiger partial charge is 0.280 e. The van der Waals surface area contributed by atoms with Gasteiger partial charge in [-0.3, -0.25) is 4.79 Å². The van der Waals surface area contributed by atoms with Crippen LogP contribution in [0.1, 0.15) is 18.1 Å². The van der Waals surface area contributed by atoms with Gasteiger partial charge < -0.3 is 0 Å². The third kappa shape index (κ3) is 2.95. The van der Waals surface area contributed by atoms with Crippen molar-refractivity contribution in [3.8, 4) is 0 Å². The minimum atomic E-state index is -1.61. The summed E-state index contributed by atoms with van der Waals surface area (Å²) in [7, 11) is 0. The second-order valence-electron chi connectivity index (χ2n) is 4.99. The molecule has 0 fully saturated rings. The Kier molecular flexibility index (Phi) is 4.37. The first-order valence-corrected chi connectivity index (χ1v) is 6.62. The number of carbonyl (C=O) groups excluding carboxylic acids is 1. The Morgan fingerprint density at radius 2 is 1.67 bits per heavy atom. The van der Waals surface area contributed by atoms with Crippen LogP contribution < -0.4 is 0 Å². The molecular formula is C16H12ClF3O. The second-order valence-corrected chi connectivity index (χ2v) is 5.33. The Morgan fingerprint density at radius 1 is 1.05 bits per heavy atom. The van der Waals surface area contributed by atoms with Gasteiger partial charge in [-0.1, -0.05) is 36.4 Å². The van der Waals surface area contributed by atoms with E-state index in [2.05, 4.69) is 0 Å². The van der Waals surface area contributed by atoms with Gasteiger partial charge in [-0.15, -0.1) is 0 Å². The SMILES string of the molecule is CC(Cc1ccccc1)(C(=O)Cl)c1ccc(F)c(F)c1F. The molecule has 2 aromatic carbocycles. The Hall–Kier alpha value is -1.81. The summed E-state index contributed by atoms with van der Waals surface area (Å²) in [4.78, 5) is 11.8. The van der Waals surface area contributed by atoms with Crippen LogP contribution >= 0.6 is 11.6 Å². The standard InChI is InChI=1S/C16H12ClF3O/c1-16(15(17)21,9-10-5-3-2-4-6-10)11-7-8-12(18)14(20)13(11)19/h2-8H,9H2,1H3. The molecule has 0 spiro atoms. The molecule has 0 heterocycles. The van der Waals surface area contributed by atoms with Gasteiger partial charge in [0.15, 0.2) is 17.5 Å². The maximum absolute atomic E-state index is 14.0. The lowest BCUT2D eigenvalue weighted by atomic mass is 9.78. The van der Waals surface area contributed by atoms with Gasteiger partial charge in [0.1, 0.15) is 0 Å². The number of hydrogen-bond donors (Lipinski definition) is 0. The van der Waals surface area contributed by atoms with E-state index >= 15 is 0 Å². The fraction of sp³-hybridized carbons (Fsp3) is 0.188. The van der Waals surface area contributed by atoms with Crippen LogP contribution in [0.5, 0.6) is 0 Å². The summed E-state index contributed by atoms with van der Waals surface area (Å²) >= 11 is 5.61. The average Bonchev–Trinajstić information content (AvgIpc) is 2.45. The van der Waals surface area contributed by atoms with Crippen molar-refractivity contribution in [2.75, 3.05) is 0 Å². The lowest BCUT2D eigenvalue weighted by molar-refractivity contribution is -0.116. The summed E-state index contributed by atoms with van der Waals surface area (Å²) in [5.74, 6) is -4.30. The zero-order valence-corrected chi connectivity index (χ0v) is 11.9. The third-order valence-electron chi connectivity index (χ3n) is 3.46. The molecule has 0 bridgehead atoms. The highest BCUT2D eigenvalue weighted by molar-refractivity contribution is 6.65. The smallest absolute Gasteiger partial charge is 0.232 e. The molecule has 1 unspecified atom stereocenters. The molecule has 2 aromatic rings. The van der Waals surface area contributed by atoms with Gasteiger partial charge in [0, 0.05) is 5.56 Å². The highest BCUT2D eigenvalue weighted by Crippen LogP contribution is 2.34. The van der Waals surface area contributed by atoms with Gasteiger partial charge in [-0.25, -0.2) is 13.2 Å². The van der Waals surface area contributed by atoms with Gasteiger partial charge in [-0.05, 0) is 36.6 Å². The van der Waals surface area contributed by atoms with Crippen LogP contribution in [-0.2, 0) is 16.6 Å². The van der Waals surface area contributed by atoms with Crippen LogP contribution in [0.2, 0.25) is 0 Å². The van der Waals surface area contributed by atoms with Crippen LogP contribution in [0, 0.1) is 17.5 Å². The van der Waals surface area contributed by atoms with E-state index in [4.69, 9.17) is 11.6 Å². The molecular weight excluding hydrogens is 301 g/mol. The second kappa shape index (κ2) is 5.90. The summed E-state index contributed by atoms with van der Waals surface area (Å²) < 4.78 is 40.5. The molecule has 0 saturated carbocycles. The molecule has 0 saturated heterocycles. The van der Waals surface area contributed by atoms with E-state index in [1.165, 1.54) is 6.92 Å². The Labute approximate surface area is 125 Å². The Balaban J connectivity index is 2.53. The Morgan fingerprint density at radius 3 is 2.24 bits per heavy atom. The minimum absolute atomic E-state index is 0.0815. The number of halogens is 4. The van der Waals surface area contributed by atoms with Crippen molar-refractivity contribution in [3.63, 3.8) is 0 Å². The van der Waals surface area contributed by atoms with Crippen molar-refractivity contribution in [1.29, 1.82) is 0 Å². The molecule has 0 amide bonds. The van der Waals surface area contributed by atoms with E-state index in [1.807, 2.05) is 0 Å². The molecule has 0 aliphatic rings. The third-order valence-corrected chi connectivity index (χ3v) is 3.88. The zero-order chi connectivity index (χ0) is 15.6. The molecule has 0 aromatic heterocycles. The monoisotopic (exact) mass is 312 g/mol. The lowest BCUT2D eigenvalue weighted by Crippen LogP contribution is -2.33. The summed E-state index contributed by atoms with van der Waals surface area (Å²) in [6.07, 6.45) is 0.0815. The number of benzene rings is 2. The van der Waals surface area contributed by atoms with Gasteiger partial charge in [0.05, 0.1) is 5.41 Å². The van der Waals surface area contributed by atoms with Crippen molar-refractivity contribution < 1.29 is 18.0 Å². The highest BCUT2D eigenvalue weighted by Gasteiger charge is 2.38. The van der Waals surface area contributed by atoms with Crippen molar-refractivity contribution >= 4 is 16.8 Å². The molecule has 1 nitrogen and oxygen atoms in total. The summed E-state index contributed by atoms with van der Waals surface area (Å²) in [6.45, 7) is 1.41. The molecule has 0 aliphatic heterocycles. The predicted molar refractivity (Wildman–Crippen MR) is 74.7 cm³/mol. The Bertz CT molecular complexity index is 673. The first-order chi connectivity index (χ1) is 9.86. The maximum Gasteiger partial charge on any atom is 0.232 e. The van der Waals surface area contributed by atoms with E-state index in [0.717, 1.165) is 17.7 Å². The van der Waals surface area contributed by atoms with Gasteiger partial charge in [0.2, 0.25) is 5.24 Å². The average molecular weight is 313 g/mol. The molecule has 0 N–H and O–H groups in total. The highest BCUT2D eigenvalue weighted by atomic mass is 35.5. The fourth-order valence-electron chi connectivity index (χ4n) is 2.23. The summed E-state index contributed by atoms with van der Waals surface area (Å²) in [5, 5.41) is -0.837. The number of rotatable bonds is 4. The molecule has 5 heteroatoms. The minimum Gasteiger partial charge on any atom is -0.280 e. The molecule has 21 heavy (non-hydrogen) atoms. The van der Waals surface area contributed by atoms with Crippen molar-refractivity contribution in [1.82, 2.24) is 0 Å². The van der Waals surface area contributed by atoms with Gasteiger partial charge >= 0.3 is 0 Å². The van der Waals surface area contributed by atoms with Crippen LogP contribution in [-0.4, -0.2) is 5.24 Å². The van der Waals surface area contributed by atoms with E-state index in [9.17, 15) is 18.0 Å². The zero-order valence-electron chi connectivity index (χ0n) is 11.2. The summed E-state index contributed by atoms with van der Waals surface area (Å²) in [5.41, 5.74) is -1.01. The maximum atomic E-state index is 14.0. The fourth-order valence-corrected chi connectivity index (χ4v) is 2.40. The molecule has 0 radical (unpaired) electrons.